The van der Waals surface area contributed by atoms with Crippen molar-refractivity contribution in [3.8, 4) is 5.75 Å². The highest BCUT2D eigenvalue weighted by Gasteiger charge is 2.21. The normalized spacial score (nSPS) is 17.1. The molecule has 0 amide bonds. The van der Waals surface area contributed by atoms with Gasteiger partial charge in [0.1, 0.15) is 17.1 Å². The topological polar surface area (TPSA) is 74.6 Å². The van der Waals surface area contributed by atoms with Crippen LogP contribution in [0, 0.1) is 0 Å². The maximum atomic E-state index is 11.1. The monoisotopic (exact) mass is 234 g/mol. The Balaban J connectivity index is 2.24. The van der Waals surface area contributed by atoms with Gasteiger partial charge in [0.15, 0.2) is 0 Å². The number of hydrogen-bond acceptors (Lipinski definition) is 3. The van der Waals surface area contributed by atoms with Crippen molar-refractivity contribution < 1.29 is 19.8 Å². The predicted molar refractivity (Wildman–Crippen MR) is 61.3 cm³/mol. The largest absolute Gasteiger partial charge is 0.507 e. The Labute approximate surface area is 98.9 Å². The van der Waals surface area contributed by atoms with Crippen molar-refractivity contribution in [3.05, 3.63) is 29.3 Å². The molecule has 0 bridgehead atoms. The van der Waals surface area contributed by atoms with Crippen LogP contribution in [-0.2, 0) is 4.79 Å². The number of aromatic carboxylic acids is 1. The van der Waals surface area contributed by atoms with Gasteiger partial charge in [0.2, 0.25) is 0 Å². The number of carbonyl (C=O) groups excluding carboxylic acids is 1. The lowest BCUT2D eigenvalue weighted by atomic mass is 9.83. The minimum Gasteiger partial charge on any atom is -0.507 e. The first-order valence-electron chi connectivity index (χ1n) is 5.66. The Kier molecular flexibility index (Phi) is 3.13. The second-order valence-electron chi connectivity index (χ2n) is 4.39. The SMILES string of the molecule is O=C1CCC(c2ccc(O)c(C(=O)O)c2)CC1. The van der Waals surface area contributed by atoms with Crippen molar-refractivity contribution in [2.45, 2.75) is 31.6 Å². The zero-order chi connectivity index (χ0) is 12.4. The van der Waals surface area contributed by atoms with Crippen molar-refractivity contribution in [1.82, 2.24) is 0 Å². The second-order valence-corrected chi connectivity index (χ2v) is 4.39. The summed E-state index contributed by atoms with van der Waals surface area (Å²) in [7, 11) is 0. The number of Topliss-reactive ketones (excluding diaryl/α,β-unsaturated/α-hetero) is 1. The number of hydrogen-bond donors (Lipinski definition) is 2. The fourth-order valence-corrected chi connectivity index (χ4v) is 2.25. The number of aromatic hydroxyl groups is 1. The van der Waals surface area contributed by atoms with E-state index in [4.69, 9.17) is 5.11 Å². The van der Waals surface area contributed by atoms with Crippen LogP contribution < -0.4 is 0 Å². The first-order chi connectivity index (χ1) is 8.08. The molecule has 1 fully saturated rings. The number of carboxylic acids is 1. The van der Waals surface area contributed by atoms with Gasteiger partial charge in [-0.3, -0.25) is 4.79 Å². The van der Waals surface area contributed by atoms with Crippen molar-refractivity contribution >= 4 is 11.8 Å². The lowest BCUT2D eigenvalue weighted by Crippen LogP contribution is -2.12. The molecule has 2 rings (SSSR count). The molecular formula is C13H14O4. The molecule has 1 aliphatic carbocycles. The summed E-state index contributed by atoms with van der Waals surface area (Å²) < 4.78 is 0. The molecular weight excluding hydrogens is 220 g/mol. The van der Waals surface area contributed by atoms with Crippen molar-refractivity contribution in [2.24, 2.45) is 0 Å². The van der Waals surface area contributed by atoms with E-state index in [1.807, 2.05) is 0 Å². The third kappa shape index (κ3) is 2.46. The van der Waals surface area contributed by atoms with E-state index in [1.54, 1.807) is 6.07 Å². The number of carboxylic acid groups (broad SMARTS) is 1. The van der Waals surface area contributed by atoms with Crippen LogP contribution >= 0.6 is 0 Å². The van der Waals surface area contributed by atoms with E-state index < -0.39 is 5.97 Å². The molecule has 0 aliphatic heterocycles. The van der Waals surface area contributed by atoms with Crippen LogP contribution in [0.1, 0.15) is 47.5 Å². The van der Waals surface area contributed by atoms with Gasteiger partial charge in [-0.05, 0) is 36.5 Å². The zero-order valence-corrected chi connectivity index (χ0v) is 9.35. The molecule has 1 saturated carbocycles. The van der Waals surface area contributed by atoms with E-state index >= 15 is 0 Å². The summed E-state index contributed by atoms with van der Waals surface area (Å²) in [5.41, 5.74) is 0.826. The van der Waals surface area contributed by atoms with E-state index in [0.29, 0.717) is 12.8 Å². The summed E-state index contributed by atoms with van der Waals surface area (Å²) in [6.07, 6.45) is 2.66. The van der Waals surface area contributed by atoms with Crippen LogP contribution in [0.5, 0.6) is 5.75 Å². The van der Waals surface area contributed by atoms with E-state index in [9.17, 15) is 14.7 Å². The zero-order valence-electron chi connectivity index (χ0n) is 9.35. The van der Waals surface area contributed by atoms with Gasteiger partial charge in [-0.15, -0.1) is 0 Å². The summed E-state index contributed by atoms with van der Waals surface area (Å²) in [6, 6.07) is 4.66. The number of benzene rings is 1. The standard InChI is InChI=1S/C13H14O4/c14-10-4-1-8(2-5-10)9-3-6-12(15)11(7-9)13(16)17/h3,6-8,15H,1-2,4-5H2,(H,16,17). The summed E-state index contributed by atoms with van der Waals surface area (Å²) >= 11 is 0. The van der Waals surface area contributed by atoms with Gasteiger partial charge in [-0.2, -0.15) is 0 Å². The molecule has 1 aliphatic rings. The van der Waals surface area contributed by atoms with Gasteiger partial charge in [-0.1, -0.05) is 6.07 Å². The third-order valence-electron chi connectivity index (χ3n) is 3.27. The number of carbonyl (C=O) groups is 2. The highest BCUT2D eigenvalue weighted by molar-refractivity contribution is 5.91. The first kappa shape index (κ1) is 11.6. The highest BCUT2D eigenvalue weighted by Crippen LogP contribution is 2.33. The van der Waals surface area contributed by atoms with Crippen LogP contribution in [0.2, 0.25) is 0 Å². The molecule has 0 saturated heterocycles. The molecule has 0 heterocycles. The average Bonchev–Trinajstić information content (AvgIpc) is 2.30. The van der Waals surface area contributed by atoms with Crippen molar-refractivity contribution in [3.63, 3.8) is 0 Å². The smallest absolute Gasteiger partial charge is 0.339 e. The predicted octanol–water partition coefficient (Wildman–Crippen LogP) is 2.32. The maximum Gasteiger partial charge on any atom is 0.339 e. The van der Waals surface area contributed by atoms with Crippen LogP contribution in [0.25, 0.3) is 0 Å². The Bertz CT molecular complexity index is 454. The lowest BCUT2D eigenvalue weighted by Gasteiger charge is -2.21. The van der Waals surface area contributed by atoms with Crippen molar-refractivity contribution in [2.75, 3.05) is 0 Å². The molecule has 0 unspecified atom stereocenters. The van der Waals surface area contributed by atoms with Gasteiger partial charge in [-0.25, -0.2) is 4.79 Å². The van der Waals surface area contributed by atoms with Crippen LogP contribution in [-0.4, -0.2) is 22.0 Å². The molecule has 4 heteroatoms. The lowest BCUT2D eigenvalue weighted by molar-refractivity contribution is -0.120. The Morgan fingerprint density at radius 3 is 2.47 bits per heavy atom. The first-order valence-corrected chi connectivity index (χ1v) is 5.66. The summed E-state index contributed by atoms with van der Waals surface area (Å²) in [6.45, 7) is 0. The van der Waals surface area contributed by atoms with E-state index in [1.165, 1.54) is 12.1 Å². The van der Waals surface area contributed by atoms with Crippen LogP contribution in [0.15, 0.2) is 18.2 Å². The van der Waals surface area contributed by atoms with Gasteiger partial charge < -0.3 is 10.2 Å². The number of phenols is 1. The van der Waals surface area contributed by atoms with Gasteiger partial charge >= 0.3 is 5.97 Å². The van der Waals surface area contributed by atoms with E-state index in [-0.39, 0.29) is 23.0 Å². The molecule has 0 spiro atoms. The minimum absolute atomic E-state index is 0.0700. The van der Waals surface area contributed by atoms with E-state index in [2.05, 4.69) is 0 Å². The molecule has 4 nitrogen and oxygen atoms in total. The average molecular weight is 234 g/mol. The third-order valence-corrected chi connectivity index (χ3v) is 3.27. The van der Waals surface area contributed by atoms with E-state index in [0.717, 1.165) is 18.4 Å². The minimum atomic E-state index is -1.13. The molecule has 17 heavy (non-hydrogen) atoms. The highest BCUT2D eigenvalue weighted by atomic mass is 16.4. The fourth-order valence-electron chi connectivity index (χ4n) is 2.25. The Morgan fingerprint density at radius 2 is 1.88 bits per heavy atom. The van der Waals surface area contributed by atoms with Gasteiger partial charge in [0.25, 0.3) is 0 Å². The molecule has 0 radical (unpaired) electrons. The van der Waals surface area contributed by atoms with Gasteiger partial charge in [0.05, 0.1) is 0 Å². The quantitative estimate of drug-likeness (QED) is 0.823. The molecule has 0 atom stereocenters. The molecule has 2 N–H and O–H groups in total. The second kappa shape index (κ2) is 4.57. The molecule has 1 aromatic rings. The van der Waals surface area contributed by atoms with Gasteiger partial charge in [0, 0.05) is 12.8 Å². The Hall–Kier alpha value is -1.84. The summed E-state index contributed by atoms with van der Waals surface area (Å²) in [5.74, 6) is -0.839. The number of rotatable bonds is 2. The summed E-state index contributed by atoms with van der Waals surface area (Å²) in [4.78, 5) is 22.0. The van der Waals surface area contributed by atoms with Crippen molar-refractivity contribution in [1.29, 1.82) is 0 Å². The Morgan fingerprint density at radius 1 is 1.24 bits per heavy atom. The van der Waals surface area contributed by atoms with Crippen LogP contribution in [0.4, 0.5) is 0 Å². The number of ketones is 1. The molecule has 1 aromatic carbocycles. The maximum absolute atomic E-state index is 11.1. The molecule has 0 aromatic heterocycles. The fraction of sp³-hybridized carbons (Fsp3) is 0.385. The molecule has 90 valence electrons. The van der Waals surface area contributed by atoms with Crippen LogP contribution in [0.3, 0.4) is 0 Å². The summed E-state index contributed by atoms with van der Waals surface area (Å²) in [5, 5.41) is 18.3.